The first-order valence-electron chi connectivity index (χ1n) is 10.6. The van der Waals surface area contributed by atoms with Gasteiger partial charge in [-0.1, -0.05) is 48.5 Å². The number of hydrogen-bond donors (Lipinski definition) is 2. The first-order valence-corrected chi connectivity index (χ1v) is 10.6. The molecule has 2 amide bonds. The number of aliphatic carboxylic acids is 1. The summed E-state index contributed by atoms with van der Waals surface area (Å²) in [5, 5.41) is 11.4. The highest BCUT2D eigenvalue weighted by Gasteiger charge is 2.34. The highest BCUT2D eigenvalue weighted by atomic mass is 16.5. The molecule has 1 fully saturated rings. The van der Waals surface area contributed by atoms with Crippen molar-refractivity contribution < 1.29 is 24.2 Å². The fourth-order valence-corrected chi connectivity index (χ4v) is 4.41. The maximum absolute atomic E-state index is 12.5. The monoisotopic (exact) mass is 422 g/mol. The number of benzene rings is 2. The summed E-state index contributed by atoms with van der Waals surface area (Å²) in [7, 11) is 0. The van der Waals surface area contributed by atoms with E-state index in [1.807, 2.05) is 24.3 Å². The van der Waals surface area contributed by atoms with Crippen molar-refractivity contribution in [3.8, 4) is 11.1 Å². The summed E-state index contributed by atoms with van der Waals surface area (Å²) in [6.45, 7) is 2.89. The number of fused-ring (bicyclic) bond motifs is 3. The molecule has 2 aliphatic rings. The average molecular weight is 422 g/mol. The van der Waals surface area contributed by atoms with Gasteiger partial charge in [0.1, 0.15) is 12.6 Å². The van der Waals surface area contributed by atoms with Gasteiger partial charge in [-0.15, -0.1) is 0 Å². The SMILES string of the molecule is C[C@H](NC(=O)OCC1c2ccccc2-c2ccccc21)C(=O)N1CC(CCC(=O)O)C1. The minimum absolute atomic E-state index is 0.0328. The number of carboxylic acid groups (broad SMARTS) is 1. The van der Waals surface area contributed by atoms with Crippen LogP contribution in [0.2, 0.25) is 0 Å². The Morgan fingerprint density at radius 3 is 2.23 bits per heavy atom. The smallest absolute Gasteiger partial charge is 0.407 e. The van der Waals surface area contributed by atoms with Crippen LogP contribution in [-0.4, -0.2) is 53.7 Å². The van der Waals surface area contributed by atoms with E-state index in [4.69, 9.17) is 9.84 Å². The number of nitrogens with zero attached hydrogens (tertiary/aromatic N) is 1. The molecular formula is C24H26N2O5. The molecule has 7 nitrogen and oxygen atoms in total. The molecule has 0 saturated carbocycles. The molecule has 2 N–H and O–H groups in total. The molecule has 162 valence electrons. The van der Waals surface area contributed by atoms with E-state index in [0.717, 1.165) is 22.3 Å². The van der Waals surface area contributed by atoms with E-state index in [-0.39, 0.29) is 30.8 Å². The number of carboxylic acids is 1. The average Bonchev–Trinajstić information content (AvgIpc) is 3.04. The summed E-state index contributed by atoms with van der Waals surface area (Å²) in [5.41, 5.74) is 4.58. The zero-order chi connectivity index (χ0) is 22.0. The first kappa shape index (κ1) is 20.9. The Hall–Kier alpha value is -3.35. The maximum Gasteiger partial charge on any atom is 0.407 e. The molecule has 0 bridgehead atoms. The predicted octanol–water partition coefficient (Wildman–Crippen LogP) is 3.24. The van der Waals surface area contributed by atoms with E-state index in [2.05, 4.69) is 29.6 Å². The van der Waals surface area contributed by atoms with E-state index < -0.39 is 18.1 Å². The van der Waals surface area contributed by atoms with Crippen LogP contribution in [0.25, 0.3) is 11.1 Å². The lowest BCUT2D eigenvalue weighted by Crippen LogP contribution is -2.56. The Balaban J connectivity index is 1.28. The maximum atomic E-state index is 12.5. The molecule has 31 heavy (non-hydrogen) atoms. The second-order valence-electron chi connectivity index (χ2n) is 8.23. The normalized spacial score (nSPS) is 16.1. The summed E-state index contributed by atoms with van der Waals surface area (Å²) in [4.78, 5) is 37.1. The van der Waals surface area contributed by atoms with Gasteiger partial charge < -0.3 is 20.1 Å². The van der Waals surface area contributed by atoms with E-state index in [1.54, 1.807) is 11.8 Å². The van der Waals surface area contributed by atoms with Crippen LogP contribution >= 0.6 is 0 Å². The molecule has 1 heterocycles. The molecule has 0 unspecified atom stereocenters. The van der Waals surface area contributed by atoms with Gasteiger partial charge in [0.05, 0.1) is 0 Å². The second kappa shape index (κ2) is 8.79. The fraction of sp³-hybridized carbons (Fsp3) is 0.375. The quantitative estimate of drug-likeness (QED) is 0.714. The van der Waals surface area contributed by atoms with Crippen LogP contribution in [0.15, 0.2) is 48.5 Å². The molecule has 2 aromatic carbocycles. The van der Waals surface area contributed by atoms with E-state index in [9.17, 15) is 14.4 Å². The van der Waals surface area contributed by atoms with Crippen molar-refractivity contribution in [2.24, 2.45) is 5.92 Å². The summed E-state index contributed by atoms with van der Waals surface area (Å²) in [6, 6.07) is 15.5. The number of alkyl carbamates (subject to hydrolysis) is 1. The topological polar surface area (TPSA) is 95.9 Å². The van der Waals surface area contributed by atoms with E-state index in [0.29, 0.717) is 19.5 Å². The van der Waals surface area contributed by atoms with Gasteiger partial charge in [0.25, 0.3) is 0 Å². The molecule has 0 aromatic heterocycles. The Labute approximate surface area is 181 Å². The largest absolute Gasteiger partial charge is 0.481 e. The molecule has 1 saturated heterocycles. The van der Waals surface area contributed by atoms with Crippen molar-refractivity contribution in [1.29, 1.82) is 0 Å². The van der Waals surface area contributed by atoms with Crippen molar-refractivity contribution in [2.75, 3.05) is 19.7 Å². The summed E-state index contributed by atoms with van der Waals surface area (Å²) >= 11 is 0. The standard InChI is InChI=1S/C24H26N2O5/c1-15(23(29)26-12-16(13-26)10-11-22(27)28)25-24(30)31-14-21-19-8-4-2-6-17(19)18-7-3-5-9-20(18)21/h2-9,15-16,21H,10-14H2,1H3,(H,25,30)(H,27,28)/t15-/m0/s1. The summed E-state index contributed by atoms with van der Waals surface area (Å²) < 4.78 is 5.49. The van der Waals surface area contributed by atoms with Crippen molar-refractivity contribution >= 4 is 18.0 Å². The Morgan fingerprint density at radius 1 is 1.06 bits per heavy atom. The van der Waals surface area contributed by atoms with Gasteiger partial charge in [-0.05, 0) is 41.5 Å². The fourth-order valence-electron chi connectivity index (χ4n) is 4.41. The molecule has 0 spiro atoms. The number of carbonyl (C=O) groups is 3. The van der Waals surface area contributed by atoms with Crippen LogP contribution < -0.4 is 5.32 Å². The van der Waals surface area contributed by atoms with Crippen molar-refractivity contribution in [3.05, 3.63) is 59.7 Å². The first-order chi connectivity index (χ1) is 14.9. The van der Waals surface area contributed by atoms with Gasteiger partial charge in [0, 0.05) is 25.4 Å². The minimum Gasteiger partial charge on any atom is -0.481 e. The third-order valence-electron chi connectivity index (χ3n) is 6.08. The van der Waals surface area contributed by atoms with Crippen LogP contribution in [0.4, 0.5) is 4.79 Å². The molecule has 4 rings (SSSR count). The minimum atomic E-state index is -0.824. The Kier molecular flexibility index (Phi) is 5.93. The van der Waals surface area contributed by atoms with E-state index >= 15 is 0 Å². The molecule has 7 heteroatoms. The molecule has 1 atom stereocenters. The zero-order valence-corrected chi connectivity index (χ0v) is 17.4. The van der Waals surface area contributed by atoms with Crippen LogP contribution in [0, 0.1) is 5.92 Å². The number of ether oxygens (including phenoxy) is 1. The lowest BCUT2D eigenvalue weighted by molar-refractivity contribution is -0.140. The number of rotatable bonds is 7. The number of amides is 2. The van der Waals surface area contributed by atoms with Gasteiger partial charge >= 0.3 is 12.1 Å². The van der Waals surface area contributed by atoms with Gasteiger partial charge in [-0.2, -0.15) is 0 Å². The lowest BCUT2D eigenvalue weighted by Gasteiger charge is -2.40. The van der Waals surface area contributed by atoms with Crippen molar-refractivity contribution in [1.82, 2.24) is 10.2 Å². The van der Waals surface area contributed by atoms with Gasteiger partial charge in [0.15, 0.2) is 0 Å². The third kappa shape index (κ3) is 4.40. The molecule has 2 aromatic rings. The number of carbonyl (C=O) groups excluding carboxylic acids is 2. The highest BCUT2D eigenvalue weighted by Crippen LogP contribution is 2.44. The molecule has 0 radical (unpaired) electrons. The van der Waals surface area contributed by atoms with Crippen LogP contribution in [-0.2, 0) is 14.3 Å². The lowest BCUT2D eigenvalue weighted by atomic mass is 9.94. The Bertz CT molecular complexity index is 953. The summed E-state index contributed by atoms with van der Waals surface area (Å²) in [6.07, 6.45) is 0.0544. The number of likely N-dealkylation sites (tertiary alicyclic amines) is 1. The Morgan fingerprint density at radius 2 is 1.65 bits per heavy atom. The summed E-state index contributed by atoms with van der Waals surface area (Å²) in [5.74, 6) is -0.827. The number of nitrogens with one attached hydrogen (secondary N) is 1. The molecule has 1 aliphatic heterocycles. The van der Waals surface area contributed by atoms with Crippen molar-refractivity contribution in [3.63, 3.8) is 0 Å². The van der Waals surface area contributed by atoms with Gasteiger partial charge in [-0.25, -0.2) is 4.79 Å². The molecule has 1 aliphatic carbocycles. The van der Waals surface area contributed by atoms with Crippen LogP contribution in [0.1, 0.15) is 36.8 Å². The zero-order valence-electron chi connectivity index (χ0n) is 17.4. The predicted molar refractivity (Wildman–Crippen MR) is 115 cm³/mol. The van der Waals surface area contributed by atoms with E-state index in [1.165, 1.54) is 0 Å². The highest BCUT2D eigenvalue weighted by molar-refractivity contribution is 5.86. The number of hydrogen-bond acceptors (Lipinski definition) is 4. The second-order valence-corrected chi connectivity index (χ2v) is 8.23. The van der Waals surface area contributed by atoms with Crippen molar-refractivity contribution in [2.45, 2.75) is 31.7 Å². The molecular weight excluding hydrogens is 396 g/mol. The van der Waals surface area contributed by atoms with Gasteiger partial charge in [0.2, 0.25) is 5.91 Å². The van der Waals surface area contributed by atoms with Crippen LogP contribution in [0.5, 0.6) is 0 Å². The third-order valence-corrected chi connectivity index (χ3v) is 6.08. The van der Waals surface area contributed by atoms with Crippen LogP contribution in [0.3, 0.4) is 0 Å². The van der Waals surface area contributed by atoms with Gasteiger partial charge in [-0.3, -0.25) is 9.59 Å².